The molecule has 0 aliphatic carbocycles. The summed E-state index contributed by atoms with van der Waals surface area (Å²) in [6.45, 7) is 8.44. The molecule has 0 saturated heterocycles. The van der Waals surface area contributed by atoms with E-state index in [-0.39, 0.29) is 11.3 Å². The molecule has 1 rings (SSSR count). The van der Waals surface area contributed by atoms with Crippen LogP contribution in [0.2, 0.25) is 0 Å². The van der Waals surface area contributed by atoms with Gasteiger partial charge in [0.05, 0.1) is 16.2 Å². The average molecular weight is 264 g/mol. The van der Waals surface area contributed by atoms with Gasteiger partial charge in [-0.3, -0.25) is 10.1 Å². The third kappa shape index (κ3) is 3.54. The van der Waals surface area contributed by atoms with Crippen LogP contribution in [0.15, 0.2) is 30.4 Å². The molecule has 6 heteroatoms. The lowest BCUT2D eigenvalue weighted by atomic mass is 10.1. The zero-order valence-corrected chi connectivity index (χ0v) is 10.9. The third-order valence-electron chi connectivity index (χ3n) is 2.61. The molecule has 0 spiro atoms. The first-order valence-corrected chi connectivity index (χ1v) is 5.77. The Kier molecular flexibility index (Phi) is 4.63. The van der Waals surface area contributed by atoms with Crippen molar-refractivity contribution in [1.29, 1.82) is 0 Å². The number of anilines is 1. The molecule has 19 heavy (non-hydrogen) atoms. The van der Waals surface area contributed by atoms with E-state index in [4.69, 9.17) is 5.11 Å². The van der Waals surface area contributed by atoms with Gasteiger partial charge >= 0.3 is 5.97 Å². The Morgan fingerprint density at radius 1 is 1.53 bits per heavy atom. The Balaban J connectivity index is 3.33. The fourth-order valence-corrected chi connectivity index (χ4v) is 1.77. The highest BCUT2D eigenvalue weighted by atomic mass is 16.6. The van der Waals surface area contributed by atoms with Crippen LogP contribution in [-0.2, 0) is 0 Å². The van der Waals surface area contributed by atoms with Gasteiger partial charge in [0.25, 0.3) is 5.69 Å². The second-order valence-electron chi connectivity index (χ2n) is 4.23. The largest absolute Gasteiger partial charge is 0.478 e. The molecule has 0 radical (unpaired) electrons. The van der Waals surface area contributed by atoms with Crippen LogP contribution in [0.3, 0.4) is 0 Å². The maximum absolute atomic E-state index is 11.2. The number of carbonyl (C=O) groups is 1. The van der Waals surface area contributed by atoms with Crippen LogP contribution in [0.5, 0.6) is 0 Å². The fourth-order valence-electron chi connectivity index (χ4n) is 1.77. The predicted octanol–water partition coefficient (Wildman–Crippen LogP) is 2.70. The van der Waals surface area contributed by atoms with E-state index in [0.717, 1.165) is 5.57 Å². The maximum Gasteiger partial charge on any atom is 0.337 e. The topological polar surface area (TPSA) is 83.7 Å². The van der Waals surface area contributed by atoms with E-state index in [2.05, 4.69) is 6.58 Å². The van der Waals surface area contributed by atoms with Crippen LogP contribution in [0.1, 0.15) is 24.2 Å². The molecule has 0 heterocycles. The number of carboxylic acids is 1. The van der Waals surface area contributed by atoms with Gasteiger partial charge in [-0.05, 0) is 19.9 Å². The molecule has 0 aliphatic rings. The SMILES string of the molecule is C=C(C)CN(CC)c1cc([N+](=O)[O-])ccc1C(=O)O. The lowest BCUT2D eigenvalue weighted by Gasteiger charge is -2.24. The van der Waals surface area contributed by atoms with Crippen molar-refractivity contribution < 1.29 is 14.8 Å². The summed E-state index contributed by atoms with van der Waals surface area (Å²) in [6, 6.07) is 3.74. The van der Waals surface area contributed by atoms with Gasteiger partial charge in [0, 0.05) is 25.2 Å². The van der Waals surface area contributed by atoms with Gasteiger partial charge in [-0.15, -0.1) is 0 Å². The van der Waals surface area contributed by atoms with Crippen molar-refractivity contribution in [3.05, 3.63) is 46.0 Å². The lowest BCUT2D eigenvalue weighted by molar-refractivity contribution is -0.384. The first-order valence-electron chi connectivity index (χ1n) is 5.77. The number of rotatable bonds is 6. The standard InChI is InChI=1S/C13H16N2O4/c1-4-14(8-9(2)3)12-7-10(15(18)19)5-6-11(12)13(16)17/h5-7H,2,4,8H2,1,3H3,(H,16,17). The Bertz CT molecular complexity index is 525. The van der Waals surface area contributed by atoms with Crippen LogP contribution in [0, 0.1) is 10.1 Å². The van der Waals surface area contributed by atoms with E-state index in [0.29, 0.717) is 18.8 Å². The Labute approximate surface area is 111 Å². The van der Waals surface area contributed by atoms with E-state index in [9.17, 15) is 14.9 Å². The molecule has 0 aliphatic heterocycles. The normalized spacial score (nSPS) is 10.0. The van der Waals surface area contributed by atoms with E-state index in [1.54, 1.807) is 4.90 Å². The Hall–Kier alpha value is -2.37. The van der Waals surface area contributed by atoms with Crippen molar-refractivity contribution in [3.8, 4) is 0 Å². The summed E-state index contributed by atoms with van der Waals surface area (Å²) < 4.78 is 0. The Morgan fingerprint density at radius 2 is 2.16 bits per heavy atom. The summed E-state index contributed by atoms with van der Waals surface area (Å²) in [7, 11) is 0. The van der Waals surface area contributed by atoms with Crippen molar-refractivity contribution in [2.75, 3.05) is 18.0 Å². The van der Waals surface area contributed by atoms with Gasteiger partial charge in [0.15, 0.2) is 0 Å². The van der Waals surface area contributed by atoms with Crippen molar-refractivity contribution >= 4 is 17.3 Å². The van der Waals surface area contributed by atoms with Crippen LogP contribution >= 0.6 is 0 Å². The number of hydrogen-bond donors (Lipinski definition) is 1. The summed E-state index contributed by atoms with van der Waals surface area (Å²) in [6.07, 6.45) is 0. The first kappa shape index (κ1) is 14.7. The smallest absolute Gasteiger partial charge is 0.337 e. The van der Waals surface area contributed by atoms with Crippen LogP contribution in [0.25, 0.3) is 0 Å². The van der Waals surface area contributed by atoms with Crippen molar-refractivity contribution in [3.63, 3.8) is 0 Å². The minimum absolute atomic E-state index is 0.0497. The number of hydrogen-bond acceptors (Lipinski definition) is 4. The molecule has 0 atom stereocenters. The molecule has 0 amide bonds. The number of likely N-dealkylation sites (N-methyl/N-ethyl adjacent to an activating group) is 1. The number of nitro groups is 1. The zero-order chi connectivity index (χ0) is 14.6. The minimum atomic E-state index is -1.11. The second kappa shape index (κ2) is 5.99. The average Bonchev–Trinajstić information content (AvgIpc) is 2.34. The van der Waals surface area contributed by atoms with Crippen LogP contribution in [-0.4, -0.2) is 29.1 Å². The first-order chi connectivity index (χ1) is 8.86. The van der Waals surface area contributed by atoms with E-state index >= 15 is 0 Å². The van der Waals surface area contributed by atoms with Gasteiger partial charge in [-0.25, -0.2) is 4.79 Å². The summed E-state index contributed by atoms with van der Waals surface area (Å²) in [5.74, 6) is -1.11. The van der Waals surface area contributed by atoms with Crippen LogP contribution < -0.4 is 4.90 Å². The molecule has 1 aromatic rings. The van der Waals surface area contributed by atoms with Gasteiger partial charge in [-0.1, -0.05) is 12.2 Å². The van der Waals surface area contributed by atoms with Gasteiger partial charge in [-0.2, -0.15) is 0 Å². The number of nitro benzene ring substituents is 1. The monoisotopic (exact) mass is 264 g/mol. The van der Waals surface area contributed by atoms with Crippen molar-refractivity contribution in [2.24, 2.45) is 0 Å². The summed E-state index contributed by atoms with van der Waals surface area (Å²) >= 11 is 0. The highest BCUT2D eigenvalue weighted by Gasteiger charge is 2.19. The number of nitrogens with zero attached hydrogens (tertiary/aromatic N) is 2. The number of benzene rings is 1. The minimum Gasteiger partial charge on any atom is -0.478 e. The molecule has 1 aromatic carbocycles. The predicted molar refractivity (Wildman–Crippen MR) is 72.8 cm³/mol. The van der Waals surface area contributed by atoms with Gasteiger partial charge < -0.3 is 10.0 Å². The van der Waals surface area contributed by atoms with Crippen molar-refractivity contribution in [2.45, 2.75) is 13.8 Å². The third-order valence-corrected chi connectivity index (χ3v) is 2.61. The molecule has 0 bridgehead atoms. The highest BCUT2D eigenvalue weighted by molar-refractivity contribution is 5.95. The molecule has 0 unspecified atom stereocenters. The number of non-ortho nitro benzene ring substituents is 1. The van der Waals surface area contributed by atoms with E-state index in [1.165, 1.54) is 18.2 Å². The van der Waals surface area contributed by atoms with Crippen LogP contribution in [0.4, 0.5) is 11.4 Å². The molecule has 102 valence electrons. The van der Waals surface area contributed by atoms with Crippen molar-refractivity contribution in [1.82, 2.24) is 0 Å². The summed E-state index contributed by atoms with van der Waals surface area (Å²) in [4.78, 5) is 23.2. The zero-order valence-electron chi connectivity index (χ0n) is 10.9. The molecule has 0 aromatic heterocycles. The summed E-state index contributed by atoms with van der Waals surface area (Å²) in [5.41, 5.74) is 1.12. The maximum atomic E-state index is 11.2. The second-order valence-corrected chi connectivity index (χ2v) is 4.23. The van der Waals surface area contributed by atoms with E-state index < -0.39 is 10.9 Å². The van der Waals surface area contributed by atoms with E-state index in [1.807, 2.05) is 13.8 Å². The lowest BCUT2D eigenvalue weighted by Crippen LogP contribution is -2.26. The molecule has 0 fully saturated rings. The molecule has 6 nitrogen and oxygen atoms in total. The van der Waals surface area contributed by atoms with Gasteiger partial charge in [0.1, 0.15) is 0 Å². The molecule has 1 N–H and O–H groups in total. The molecular formula is C13H16N2O4. The quantitative estimate of drug-likeness (QED) is 0.485. The number of aromatic carboxylic acids is 1. The number of carboxylic acid groups (broad SMARTS) is 1. The Morgan fingerprint density at radius 3 is 2.58 bits per heavy atom. The highest BCUT2D eigenvalue weighted by Crippen LogP contribution is 2.26. The molecular weight excluding hydrogens is 248 g/mol. The fraction of sp³-hybridized carbons (Fsp3) is 0.308. The van der Waals surface area contributed by atoms with Gasteiger partial charge in [0.2, 0.25) is 0 Å². The summed E-state index contributed by atoms with van der Waals surface area (Å²) in [5, 5.41) is 19.9. The molecule has 0 saturated carbocycles.